The number of aliphatic carboxylic acids is 1. The summed E-state index contributed by atoms with van der Waals surface area (Å²) in [5.74, 6) is -0.263. The molecule has 1 atom stereocenters. The third-order valence-electron chi connectivity index (χ3n) is 3.66. The molecule has 0 bridgehead atoms. The number of rotatable bonds is 2. The van der Waals surface area contributed by atoms with E-state index in [-0.39, 0.29) is 0 Å². The van der Waals surface area contributed by atoms with Crippen molar-refractivity contribution >= 4 is 22.7 Å². The van der Waals surface area contributed by atoms with Crippen LogP contribution in [0.15, 0.2) is 30.3 Å². The highest BCUT2D eigenvalue weighted by molar-refractivity contribution is 5.87. The van der Waals surface area contributed by atoms with Crippen molar-refractivity contribution in [2.24, 2.45) is 0 Å². The smallest absolute Gasteiger partial charge is 0.326 e. The molecule has 1 aromatic heterocycles. The van der Waals surface area contributed by atoms with Gasteiger partial charge in [-0.25, -0.2) is 9.78 Å². The van der Waals surface area contributed by atoms with Crippen LogP contribution >= 0.6 is 0 Å². The Morgan fingerprint density at radius 2 is 2.25 bits per heavy atom. The molecule has 1 aromatic carbocycles. The second-order valence-corrected chi connectivity index (χ2v) is 4.85. The van der Waals surface area contributed by atoms with Crippen molar-refractivity contribution in [1.29, 1.82) is 5.26 Å². The fraction of sp³-hybridized carbons (Fsp3) is 0.267. The molecule has 0 saturated carbocycles. The van der Waals surface area contributed by atoms with Crippen molar-refractivity contribution in [2.45, 2.75) is 18.9 Å². The van der Waals surface area contributed by atoms with E-state index in [1.54, 1.807) is 11.0 Å². The molecule has 1 fully saturated rings. The molecule has 0 radical (unpaired) electrons. The SMILES string of the molecule is N#Cc1cc(N2CCCC2C(=O)O)nc2ccccc12. The molecule has 5 nitrogen and oxygen atoms in total. The first-order valence-electron chi connectivity index (χ1n) is 6.50. The van der Waals surface area contributed by atoms with Crippen molar-refractivity contribution < 1.29 is 9.90 Å². The van der Waals surface area contributed by atoms with E-state index in [1.807, 2.05) is 24.3 Å². The lowest BCUT2D eigenvalue weighted by Gasteiger charge is -2.23. The number of para-hydroxylation sites is 1. The maximum absolute atomic E-state index is 11.3. The Kier molecular flexibility index (Phi) is 2.99. The van der Waals surface area contributed by atoms with E-state index >= 15 is 0 Å². The molecule has 2 aromatic rings. The van der Waals surface area contributed by atoms with Crippen LogP contribution in [0.5, 0.6) is 0 Å². The van der Waals surface area contributed by atoms with E-state index in [9.17, 15) is 15.2 Å². The fourth-order valence-electron chi connectivity index (χ4n) is 2.70. The van der Waals surface area contributed by atoms with Crippen LogP contribution in [0.25, 0.3) is 10.9 Å². The van der Waals surface area contributed by atoms with Gasteiger partial charge in [0.15, 0.2) is 0 Å². The molecule has 1 saturated heterocycles. The minimum Gasteiger partial charge on any atom is -0.480 e. The first kappa shape index (κ1) is 12.4. The topological polar surface area (TPSA) is 77.2 Å². The van der Waals surface area contributed by atoms with Crippen molar-refractivity contribution in [3.05, 3.63) is 35.9 Å². The molecule has 1 N–H and O–H groups in total. The highest BCUT2D eigenvalue weighted by Gasteiger charge is 2.31. The zero-order valence-electron chi connectivity index (χ0n) is 10.8. The van der Waals surface area contributed by atoms with Gasteiger partial charge in [0, 0.05) is 11.9 Å². The fourth-order valence-corrected chi connectivity index (χ4v) is 2.70. The lowest BCUT2D eigenvalue weighted by Crippen LogP contribution is -2.36. The summed E-state index contributed by atoms with van der Waals surface area (Å²) in [6.45, 7) is 0.660. The van der Waals surface area contributed by atoms with E-state index in [1.165, 1.54) is 0 Å². The van der Waals surface area contributed by atoms with Gasteiger partial charge in [-0.15, -0.1) is 0 Å². The van der Waals surface area contributed by atoms with Crippen molar-refractivity contribution in [3.8, 4) is 6.07 Å². The van der Waals surface area contributed by atoms with Crippen LogP contribution in [0.1, 0.15) is 18.4 Å². The van der Waals surface area contributed by atoms with Crippen LogP contribution in [0.4, 0.5) is 5.82 Å². The first-order chi connectivity index (χ1) is 9.70. The standard InChI is InChI=1S/C15H13N3O2/c16-9-10-8-14(17-12-5-2-1-4-11(10)12)18-7-3-6-13(18)15(19)20/h1-2,4-5,8,13H,3,6-7H2,(H,19,20). The van der Waals surface area contributed by atoms with E-state index in [2.05, 4.69) is 11.1 Å². The average Bonchev–Trinajstić information content (AvgIpc) is 2.95. The molecule has 5 heteroatoms. The van der Waals surface area contributed by atoms with E-state index < -0.39 is 12.0 Å². The average molecular weight is 267 g/mol. The van der Waals surface area contributed by atoms with Crippen LogP contribution in [-0.4, -0.2) is 28.6 Å². The third-order valence-corrected chi connectivity index (χ3v) is 3.66. The lowest BCUT2D eigenvalue weighted by molar-refractivity contribution is -0.138. The molecular weight excluding hydrogens is 254 g/mol. The van der Waals surface area contributed by atoms with E-state index in [0.717, 1.165) is 17.3 Å². The number of carbonyl (C=O) groups is 1. The molecule has 0 amide bonds. The van der Waals surface area contributed by atoms with Crippen molar-refractivity contribution in [1.82, 2.24) is 4.98 Å². The summed E-state index contributed by atoms with van der Waals surface area (Å²) in [4.78, 5) is 17.6. The Balaban J connectivity index is 2.13. The number of hydrogen-bond donors (Lipinski definition) is 1. The van der Waals surface area contributed by atoms with Crippen LogP contribution in [0, 0.1) is 11.3 Å². The summed E-state index contributed by atoms with van der Waals surface area (Å²) in [7, 11) is 0. The number of pyridine rings is 1. The molecule has 0 spiro atoms. The van der Waals surface area contributed by atoms with Gasteiger partial charge >= 0.3 is 5.97 Å². The molecule has 0 aliphatic carbocycles. The van der Waals surface area contributed by atoms with Crippen molar-refractivity contribution in [3.63, 3.8) is 0 Å². The van der Waals surface area contributed by atoms with Crippen molar-refractivity contribution in [2.75, 3.05) is 11.4 Å². The minimum atomic E-state index is -0.837. The first-order valence-corrected chi connectivity index (χ1v) is 6.50. The maximum Gasteiger partial charge on any atom is 0.326 e. The van der Waals surface area contributed by atoms with Gasteiger partial charge in [-0.3, -0.25) is 0 Å². The number of carboxylic acid groups (broad SMARTS) is 1. The van der Waals surface area contributed by atoms with Gasteiger partial charge in [0.25, 0.3) is 0 Å². The van der Waals surface area contributed by atoms with Gasteiger partial charge in [0.05, 0.1) is 17.1 Å². The quantitative estimate of drug-likeness (QED) is 0.902. The summed E-state index contributed by atoms with van der Waals surface area (Å²) < 4.78 is 0. The summed E-state index contributed by atoms with van der Waals surface area (Å²) >= 11 is 0. The van der Waals surface area contributed by atoms with Crippen LogP contribution in [0.3, 0.4) is 0 Å². The summed E-state index contributed by atoms with van der Waals surface area (Å²) in [6, 6.07) is 10.7. The summed E-state index contributed by atoms with van der Waals surface area (Å²) in [5, 5.41) is 19.3. The number of aromatic nitrogens is 1. The van der Waals surface area contributed by atoms with Gasteiger partial charge in [-0.2, -0.15) is 5.26 Å². The number of nitrogens with zero attached hydrogens (tertiary/aromatic N) is 3. The zero-order valence-corrected chi connectivity index (χ0v) is 10.8. The summed E-state index contributed by atoms with van der Waals surface area (Å²) in [5.41, 5.74) is 1.25. The largest absolute Gasteiger partial charge is 0.480 e. The molecule has 1 aliphatic rings. The second kappa shape index (κ2) is 4.82. The Bertz CT molecular complexity index is 721. The molecular formula is C15H13N3O2. The molecule has 1 unspecified atom stereocenters. The van der Waals surface area contributed by atoms with E-state index in [0.29, 0.717) is 24.3 Å². The van der Waals surface area contributed by atoms with Gasteiger partial charge in [-0.05, 0) is 25.0 Å². The monoisotopic (exact) mass is 267 g/mol. The zero-order chi connectivity index (χ0) is 14.1. The Labute approximate surface area is 116 Å². The highest BCUT2D eigenvalue weighted by atomic mass is 16.4. The number of benzene rings is 1. The molecule has 1 aliphatic heterocycles. The molecule has 3 rings (SSSR count). The Morgan fingerprint density at radius 1 is 1.45 bits per heavy atom. The number of anilines is 1. The van der Waals surface area contributed by atoms with Crippen LogP contribution in [-0.2, 0) is 4.79 Å². The maximum atomic E-state index is 11.3. The second-order valence-electron chi connectivity index (χ2n) is 4.85. The predicted molar refractivity (Wildman–Crippen MR) is 74.5 cm³/mol. The number of fused-ring (bicyclic) bond motifs is 1. The molecule has 100 valence electrons. The van der Waals surface area contributed by atoms with Gasteiger partial charge < -0.3 is 10.0 Å². The molecule has 20 heavy (non-hydrogen) atoms. The normalized spacial score (nSPS) is 18.1. The van der Waals surface area contributed by atoms with E-state index in [4.69, 9.17) is 0 Å². The minimum absolute atomic E-state index is 0.529. The molecule has 2 heterocycles. The number of hydrogen-bond acceptors (Lipinski definition) is 4. The third kappa shape index (κ3) is 1.95. The highest BCUT2D eigenvalue weighted by Crippen LogP contribution is 2.28. The predicted octanol–water partition coefficient (Wildman–Crippen LogP) is 2.16. The summed E-state index contributed by atoms with van der Waals surface area (Å²) in [6.07, 6.45) is 1.44. The number of carboxylic acids is 1. The van der Waals surface area contributed by atoms with Crippen LogP contribution in [0.2, 0.25) is 0 Å². The van der Waals surface area contributed by atoms with Gasteiger partial charge in [0.2, 0.25) is 0 Å². The Morgan fingerprint density at radius 3 is 3.00 bits per heavy atom. The lowest BCUT2D eigenvalue weighted by atomic mass is 10.1. The van der Waals surface area contributed by atoms with Gasteiger partial charge in [-0.1, -0.05) is 18.2 Å². The number of nitriles is 1. The van der Waals surface area contributed by atoms with Crippen LogP contribution < -0.4 is 4.90 Å². The van der Waals surface area contributed by atoms with Gasteiger partial charge in [0.1, 0.15) is 11.9 Å². The Hall–Kier alpha value is -2.61.